The lowest BCUT2D eigenvalue weighted by atomic mass is 10.1. The van der Waals surface area contributed by atoms with Crippen molar-refractivity contribution in [3.63, 3.8) is 0 Å². The van der Waals surface area contributed by atoms with Gasteiger partial charge in [0.2, 0.25) is 0 Å². The molecule has 3 heteroatoms. The maximum absolute atomic E-state index is 11.3. The van der Waals surface area contributed by atoms with Crippen molar-refractivity contribution in [1.82, 2.24) is 5.32 Å². The lowest BCUT2D eigenvalue weighted by Crippen LogP contribution is -2.12. The number of rotatable bonds is 2. The quantitative estimate of drug-likeness (QED) is 0.804. The Morgan fingerprint density at radius 3 is 3.14 bits per heavy atom. The molecule has 2 nitrogen and oxygen atoms in total. The van der Waals surface area contributed by atoms with E-state index in [4.69, 9.17) is 0 Å². The summed E-state index contributed by atoms with van der Waals surface area (Å²) in [7, 11) is 0. The third-order valence-electron chi connectivity index (χ3n) is 2.22. The van der Waals surface area contributed by atoms with Crippen LogP contribution in [0.15, 0.2) is 24.3 Å². The highest BCUT2D eigenvalue weighted by atomic mass is 79.9. The van der Waals surface area contributed by atoms with Crippen LogP contribution < -0.4 is 5.32 Å². The summed E-state index contributed by atoms with van der Waals surface area (Å²) in [6.45, 7) is 0.663. The molecule has 0 aromatic heterocycles. The lowest BCUT2D eigenvalue weighted by Gasteiger charge is -1.97. The molecule has 0 fully saturated rings. The molecular formula is C11H10BrNO. The molecule has 0 radical (unpaired) electrons. The zero-order valence-corrected chi connectivity index (χ0v) is 9.17. The average Bonchev–Trinajstić information content (AvgIpc) is 2.57. The number of allylic oxidation sites excluding steroid dienone is 1. The van der Waals surface area contributed by atoms with E-state index in [2.05, 4.69) is 21.2 Å². The Kier molecular flexibility index (Phi) is 2.68. The molecular weight excluding hydrogens is 242 g/mol. The van der Waals surface area contributed by atoms with Gasteiger partial charge in [-0.3, -0.25) is 4.79 Å². The number of hydrogen-bond donors (Lipinski definition) is 1. The number of alkyl halides is 1. The molecule has 1 aliphatic heterocycles. The Morgan fingerprint density at radius 1 is 1.50 bits per heavy atom. The molecule has 0 spiro atoms. The normalized spacial score (nSPS) is 14.5. The van der Waals surface area contributed by atoms with Crippen LogP contribution in [0.3, 0.4) is 0 Å². The van der Waals surface area contributed by atoms with E-state index in [9.17, 15) is 4.79 Å². The number of benzene rings is 1. The van der Waals surface area contributed by atoms with Crippen LogP contribution in [-0.4, -0.2) is 11.2 Å². The summed E-state index contributed by atoms with van der Waals surface area (Å²) >= 11 is 3.32. The molecule has 1 aliphatic rings. The van der Waals surface area contributed by atoms with Crippen LogP contribution in [-0.2, 0) is 6.54 Å². The number of halogens is 1. The van der Waals surface area contributed by atoms with Gasteiger partial charge in [-0.05, 0) is 17.2 Å². The third kappa shape index (κ3) is 1.73. The van der Waals surface area contributed by atoms with Crippen molar-refractivity contribution >= 4 is 27.9 Å². The van der Waals surface area contributed by atoms with Crippen molar-refractivity contribution < 1.29 is 4.79 Å². The van der Waals surface area contributed by atoms with Crippen LogP contribution in [0.5, 0.6) is 0 Å². The monoisotopic (exact) mass is 251 g/mol. The highest BCUT2D eigenvalue weighted by Gasteiger charge is 2.17. The Hall–Kier alpha value is -1.09. The Morgan fingerprint density at radius 2 is 2.36 bits per heavy atom. The molecule has 0 aliphatic carbocycles. The molecule has 0 bridgehead atoms. The van der Waals surface area contributed by atoms with Crippen molar-refractivity contribution in [3.8, 4) is 0 Å². The molecule has 1 aromatic rings. The Bertz CT molecular complexity index is 398. The minimum atomic E-state index is 0.0362. The molecule has 1 heterocycles. The van der Waals surface area contributed by atoms with E-state index in [0.717, 1.165) is 22.0 Å². The number of fused-ring (bicyclic) bond motifs is 1. The minimum Gasteiger partial charge on any atom is -0.348 e. The van der Waals surface area contributed by atoms with Crippen LogP contribution in [0, 0.1) is 0 Å². The van der Waals surface area contributed by atoms with E-state index in [1.165, 1.54) is 0 Å². The molecule has 14 heavy (non-hydrogen) atoms. The number of amides is 1. The summed E-state index contributed by atoms with van der Waals surface area (Å²) < 4.78 is 0. The smallest absolute Gasteiger partial charge is 0.251 e. The topological polar surface area (TPSA) is 29.1 Å². The van der Waals surface area contributed by atoms with Gasteiger partial charge < -0.3 is 5.32 Å². The fourth-order valence-corrected chi connectivity index (χ4v) is 1.70. The predicted octanol–water partition coefficient (Wildman–Crippen LogP) is 2.34. The number of nitrogens with one attached hydrogen (secondary N) is 1. The summed E-state index contributed by atoms with van der Waals surface area (Å²) in [5.41, 5.74) is 2.97. The van der Waals surface area contributed by atoms with Gasteiger partial charge in [-0.25, -0.2) is 0 Å². The van der Waals surface area contributed by atoms with Gasteiger partial charge in [-0.15, -0.1) is 0 Å². The second-order valence-corrected chi connectivity index (χ2v) is 3.80. The van der Waals surface area contributed by atoms with Crippen LogP contribution in [0.4, 0.5) is 0 Å². The molecule has 0 unspecified atom stereocenters. The summed E-state index contributed by atoms with van der Waals surface area (Å²) in [5, 5.41) is 3.63. The zero-order chi connectivity index (χ0) is 9.97. The Balaban J connectivity index is 2.35. The lowest BCUT2D eigenvalue weighted by molar-refractivity contribution is 0.0966. The van der Waals surface area contributed by atoms with Gasteiger partial charge in [0.15, 0.2) is 0 Å². The molecule has 0 saturated heterocycles. The molecule has 1 aromatic carbocycles. The minimum absolute atomic E-state index is 0.0362. The molecule has 1 amide bonds. The first-order valence-corrected chi connectivity index (χ1v) is 5.57. The highest BCUT2D eigenvalue weighted by molar-refractivity contribution is 9.09. The van der Waals surface area contributed by atoms with Crippen LogP contribution in [0.25, 0.3) is 6.08 Å². The fraction of sp³-hybridized carbons (Fsp3) is 0.182. The van der Waals surface area contributed by atoms with E-state index in [-0.39, 0.29) is 5.91 Å². The number of hydrogen-bond acceptors (Lipinski definition) is 1. The molecule has 1 N–H and O–H groups in total. The summed E-state index contributed by atoms with van der Waals surface area (Å²) in [5.74, 6) is 0.0362. The van der Waals surface area contributed by atoms with E-state index in [1.807, 2.05) is 30.4 Å². The highest BCUT2D eigenvalue weighted by Crippen LogP contribution is 2.17. The van der Waals surface area contributed by atoms with Gasteiger partial charge in [-0.2, -0.15) is 0 Å². The van der Waals surface area contributed by atoms with Crippen LogP contribution in [0.1, 0.15) is 21.5 Å². The second-order valence-electron chi connectivity index (χ2n) is 3.16. The summed E-state index contributed by atoms with van der Waals surface area (Å²) in [4.78, 5) is 11.3. The molecule has 2 rings (SSSR count). The largest absolute Gasteiger partial charge is 0.348 e. The zero-order valence-electron chi connectivity index (χ0n) is 7.59. The van der Waals surface area contributed by atoms with Crippen LogP contribution in [0.2, 0.25) is 0 Å². The standard InChI is InChI=1S/C11H10BrNO/c12-5-1-2-8-3-4-9-7-13-11(14)10(9)6-8/h1-4,6H,5,7H2,(H,13,14). The average molecular weight is 252 g/mol. The van der Waals surface area contributed by atoms with Gasteiger partial charge in [-0.1, -0.05) is 40.2 Å². The van der Waals surface area contributed by atoms with Crippen molar-refractivity contribution in [1.29, 1.82) is 0 Å². The van der Waals surface area contributed by atoms with Crippen molar-refractivity contribution in [2.24, 2.45) is 0 Å². The Labute approximate surface area is 91.1 Å². The van der Waals surface area contributed by atoms with E-state index in [1.54, 1.807) is 0 Å². The van der Waals surface area contributed by atoms with Crippen molar-refractivity contribution in [2.45, 2.75) is 6.54 Å². The van der Waals surface area contributed by atoms with E-state index in [0.29, 0.717) is 6.54 Å². The molecule has 72 valence electrons. The molecule has 0 atom stereocenters. The van der Waals surface area contributed by atoms with E-state index >= 15 is 0 Å². The van der Waals surface area contributed by atoms with Gasteiger partial charge >= 0.3 is 0 Å². The van der Waals surface area contributed by atoms with Gasteiger partial charge in [0.05, 0.1) is 0 Å². The maximum atomic E-state index is 11.3. The van der Waals surface area contributed by atoms with E-state index < -0.39 is 0 Å². The third-order valence-corrected chi connectivity index (χ3v) is 2.59. The number of carbonyl (C=O) groups is 1. The van der Waals surface area contributed by atoms with Crippen molar-refractivity contribution in [3.05, 3.63) is 41.0 Å². The summed E-state index contributed by atoms with van der Waals surface area (Å²) in [6.07, 6.45) is 4.01. The SMILES string of the molecule is O=C1NCc2ccc(C=CCBr)cc21. The summed E-state index contributed by atoms with van der Waals surface area (Å²) in [6, 6.07) is 5.95. The first kappa shape index (κ1) is 9.46. The van der Waals surface area contributed by atoms with Gasteiger partial charge in [0.25, 0.3) is 5.91 Å². The van der Waals surface area contributed by atoms with Crippen LogP contribution >= 0.6 is 15.9 Å². The van der Waals surface area contributed by atoms with Gasteiger partial charge in [0.1, 0.15) is 0 Å². The first-order chi connectivity index (χ1) is 6.81. The second kappa shape index (κ2) is 3.96. The number of carbonyl (C=O) groups excluding carboxylic acids is 1. The molecule has 0 saturated carbocycles. The van der Waals surface area contributed by atoms with Crippen molar-refractivity contribution in [2.75, 3.05) is 5.33 Å². The fourth-order valence-electron chi connectivity index (χ4n) is 1.51. The maximum Gasteiger partial charge on any atom is 0.251 e. The first-order valence-electron chi connectivity index (χ1n) is 4.45. The van der Waals surface area contributed by atoms with Gasteiger partial charge in [0, 0.05) is 17.4 Å². The predicted molar refractivity (Wildman–Crippen MR) is 60.4 cm³/mol.